The van der Waals surface area contributed by atoms with Crippen molar-refractivity contribution in [3.63, 3.8) is 0 Å². The fourth-order valence-electron chi connectivity index (χ4n) is 1.06. The maximum absolute atomic E-state index is 10.4. The molecule has 0 amide bonds. The molecule has 0 aromatic rings. The van der Waals surface area contributed by atoms with Gasteiger partial charge < -0.3 is 15.2 Å². The molecule has 0 aromatic carbocycles. The van der Waals surface area contributed by atoms with Crippen LogP contribution in [0.25, 0.3) is 0 Å². The van der Waals surface area contributed by atoms with Crippen LogP contribution in [0.3, 0.4) is 0 Å². The van der Waals surface area contributed by atoms with E-state index in [1.54, 1.807) is 13.0 Å². The predicted molar refractivity (Wildman–Crippen MR) is 64.6 cm³/mol. The molecule has 0 heterocycles. The van der Waals surface area contributed by atoms with Gasteiger partial charge in [-0.25, -0.2) is 4.79 Å². The number of carboxylic acids is 1. The number of nitrogens with one attached hydrogen (secondary N) is 1. The van der Waals surface area contributed by atoms with Gasteiger partial charge in [-0.05, 0) is 26.3 Å². The van der Waals surface area contributed by atoms with Gasteiger partial charge in [0.2, 0.25) is 0 Å². The molecule has 0 saturated heterocycles. The fraction of sp³-hybridized carbons (Fsp3) is 0.750. The highest BCUT2D eigenvalue weighted by molar-refractivity contribution is 5.85. The van der Waals surface area contributed by atoms with Crippen molar-refractivity contribution >= 4 is 5.97 Å². The zero-order valence-electron chi connectivity index (χ0n) is 10.3. The minimum atomic E-state index is -0.857. The van der Waals surface area contributed by atoms with Crippen LogP contribution < -0.4 is 5.32 Å². The molecule has 0 saturated carbocycles. The zero-order chi connectivity index (χ0) is 12.2. The largest absolute Gasteiger partial charge is 0.478 e. The van der Waals surface area contributed by atoms with E-state index >= 15 is 0 Å². The number of carbonyl (C=O) groups is 1. The van der Waals surface area contributed by atoms with Gasteiger partial charge in [0.05, 0.1) is 0 Å². The summed E-state index contributed by atoms with van der Waals surface area (Å²) >= 11 is 0. The Labute approximate surface area is 97.7 Å². The van der Waals surface area contributed by atoms with Crippen molar-refractivity contribution in [3.8, 4) is 0 Å². The van der Waals surface area contributed by atoms with Crippen LogP contribution >= 0.6 is 0 Å². The molecule has 0 aromatic heterocycles. The third-order valence-electron chi connectivity index (χ3n) is 2.17. The van der Waals surface area contributed by atoms with Gasteiger partial charge in [-0.15, -0.1) is 0 Å². The number of rotatable bonds is 10. The lowest BCUT2D eigenvalue weighted by molar-refractivity contribution is -0.132. The van der Waals surface area contributed by atoms with E-state index in [1.807, 2.05) is 0 Å². The molecule has 94 valence electrons. The number of unbranched alkanes of at least 4 members (excludes halogenated alkanes) is 1. The van der Waals surface area contributed by atoms with Crippen LogP contribution in [-0.2, 0) is 9.53 Å². The highest BCUT2D eigenvalue weighted by atomic mass is 16.5. The smallest absolute Gasteiger partial charge is 0.330 e. The maximum Gasteiger partial charge on any atom is 0.330 e. The van der Waals surface area contributed by atoms with E-state index in [4.69, 9.17) is 9.84 Å². The van der Waals surface area contributed by atoms with E-state index in [2.05, 4.69) is 12.2 Å². The van der Waals surface area contributed by atoms with Crippen molar-refractivity contribution in [3.05, 3.63) is 11.6 Å². The van der Waals surface area contributed by atoms with Crippen molar-refractivity contribution < 1.29 is 14.6 Å². The van der Waals surface area contributed by atoms with Gasteiger partial charge in [-0.3, -0.25) is 0 Å². The summed E-state index contributed by atoms with van der Waals surface area (Å²) in [7, 11) is 0. The SMILES string of the molecule is CCCCOCCCNC/C=C(/C)C(=O)O. The van der Waals surface area contributed by atoms with Crippen LogP contribution in [0.4, 0.5) is 0 Å². The monoisotopic (exact) mass is 229 g/mol. The van der Waals surface area contributed by atoms with Crippen molar-refractivity contribution in [2.24, 2.45) is 0 Å². The van der Waals surface area contributed by atoms with Crippen LogP contribution in [0.2, 0.25) is 0 Å². The molecule has 0 aliphatic carbocycles. The molecule has 4 heteroatoms. The van der Waals surface area contributed by atoms with Crippen molar-refractivity contribution in [2.45, 2.75) is 33.1 Å². The summed E-state index contributed by atoms with van der Waals surface area (Å²) in [4.78, 5) is 10.4. The van der Waals surface area contributed by atoms with Crippen LogP contribution in [0.1, 0.15) is 33.1 Å². The van der Waals surface area contributed by atoms with Crippen LogP contribution in [-0.4, -0.2) is 37.4 Å². The summed E-state index contributed by atoms with van der Waals surface area (Å²) in [5.41, 5.74) is 0.381. The van der Waals surface area contributed by atoms with Crippen molar-refractivity contribution in [1.82, 2.24) is 5.32 Å². The van der Waals surface area contributed by atoms with E-state index in [-0.39, 0.29) is 0 Å². The highest BCUT2D eigenvalue weighted by Crippen LogP contribution is 1.91. The van der Waals surface area contributed by atoms with Crippen LogP contribution in [0.15, 0.2) is 11.6 Å². The van der Waals surface area contributed by atoms with Gasteiger partial charge in [-0.2, -0.15) is 0 Å². The molecule has 0 radical (unpaired) electrons. The second-order valence-electron chi connectivity index (χ2n) is 3.72. The molecule has 16 heavy (non-hydrogen) atoms. The first-order valence-electron chi connectivity index (χ1n) is 5.87. The second-order valence-corrected chi connectivity index (χ2v) is 3.72. The fourth-order valence-corrected chi connectivity index (χ4v) is 1.06. The van der Waals surface area contributed by atoms with Crippen LogP contribution in [0.5, 0.6) is 0 Å². The standard InChI is InChI=1S/C12H23NO3/c1-3-4-9-16-10-5-7-13-8-6-11(2)12(14)15/h6,13H,3-5,7-10H2,1-2H3,(H,14,15)/b11-6-. The first-order chi connectivity index (χ1) is 7.68. The topological polar surface area (TPSA) is 58.6 Å². The molecule has 0 fully saturated rings. The Hall–Kier alpha value is -0.870. The first kappa shape index (κ1) is 15.1. The Morgan fingerprint density at radius 1 is 1.38 bits per heavy atom. The Balaban J connectivity index is 3.21. The Kier molecular flexibility index (Phi) is 10.1. The van der Waals surface area contributed by atoms with Gasteiger partial charge in [0.1, 0.15) is 0 Å². The normalized spacial score (nSPS) is 11.8. The number of ether oxygens (including phenoxy) is 1. The van der Waals surface area contributed by atoms with Gasteiger partial charge in [-0.1, -0.05) is 19.4 Å². The van der Waals surface area contributed by atoms with Gasteiger partial charge >= 0.3 is 5.97 Å². The van der Waals surface area contributed by atoms with E-state index in [0.717, 1.165) is 39.0 Å². The molecule has 2 N–H and O–H groups in total. The highest BCUT2D eigenvalue weighted by Gasteiger charge is 1.97. The van der Waals surface area contributed by atoms with Gasteiger partial charge in [0, 0.05) is 25.3 Å². The van der Waals surface area contributed by atoms with E-state index < -0.39 is 5.97 Å². The Morgan fingerprint density at radius 3 is 2.69 bits per heavy atom. The third-order valence-corrected chi connectivity index (χ3v) is 2.17. The lowest BCUT2D eigenvalue weighted by atomic mass is 10.3. The second kappa shape index (κ2) is 10.6. The summed E-state index contributed by atoms with van der Waals surface area (Å²) < 4.78 is 5.39. The van der Waals surface area contributed by atoms with Gasteiger partial charge in [0.15, 0.2) is 0 Å². The summed E-state index contributed by atoms with van der Waals surface area (Å²) in [6.07, 6.45) is 4.93. The lowest BCUT2D eigenvalue weighted by Gasteiger charge is -2.03. The zero-order valence-corrected chi connectivity index (χ0v) is 10.3. The number of carboxylic acid groups (broad SMARTS) is 1. The average molecular weight is 229 g/mol. The molecule has 4 nitrogen and oxygen atoms in total. The third kappa shape index (κ3) is 9.68. The summed E-state index contributed by atoms with van der Waals surface area (Å²) in [6.45, 7) is 6.81. The summed E-state index contributed by atoms with van der Waals surface area (Å²) in [5, 5.41) is 11.7. The molecule has 0 aliphatic heterocycles. The summed E-state index contributed by atoms with van der Waals surface area (Å²) in [5.74, 6) is -0.857. The molecule has 0 rings (SSSR count). The lowest BCUT2D eigenvalue weighted by Crippen LogP contribution is -2.17. The van der Waals surface area contributed by atoms with E-state index in [0.29, 0.717) is 12.1 Å². The minimum Gasteiger partial charge on any atom is -0.478 e. The summed E-state index contributed by atoms with van der Waals surface area (Å²) in [6, 6.07) is 0. The molecular weight excluding hydrogens is 206 g/mol. The first-order valence-corrected chi connectivity index (χ1v) is 5.87. The van der Waals surface area contributed by atoms with E-state index in [1.165, 1.54) is 0 Å². The quantitative estimate of drug-likeness (QED) is 0.443. The molecular formula is C12H23NO3. The van der Waals surface area contributed by atoms with Crippen molar-refractivity contribution in [1.29, 1.82) is 0 Å². The Bertz CT molecular complexity index is 214. The number of hydrogen-bond acceptors (Lipinski definition) is 3. The molecule has 0 aliphatic rings. The molecule has 0 unspecified atom stereocenters. The van der Waals surface area contributed by atoms with E-state index in [9.17, 15) is 4.79 Å². The maximum atomic E-state index is 10.4. The molecule has 0 atom stereocenters. The number of aliphatic carboxylic acids is 1. The number of hydrogen-bond donors (Lipinski definition) is 2. The predicted octanol–water partition coefficient (Wildman–Crippen LogP) is 1.81. The van der Waals surface area contributed by atoms with Gasteiger partial charge in [0.25, 0.3) is 0 Å². The molecule has 0 bridgehead atoms. The van der Waals surface area contributed by atoms with Crippen molar-refractivity contribution in [2.75, 3.05) is 26.3 Å². The Morgan fingerprint density at radius 2 is 2.06 bits per heavy atom. The molecule has 0 spiro atoms. The minimum absolute atomic E-state index is 0.381. The van der Waals surface area contributed by atoms with Crippen LogP contribution in [0, 0.1) is 0 Å². The average Bonchev–Trinajstić information content (AvgIpc) is 2.26.